The van der Waals surface area contributed by atoms with Crippen LogP contribution in [0.15, 0.2) is 24.5 Å². The van der Waals surface area contributed by atoms with E-state index in [2.05, 4.69) is 10.3 Å². The minimum absolute atomic E-state index is 0. The van der Waals surface area contributed by atoms with Gasteiger partial charge in [0, 0.05) is 12.4 Å². The Morgan fingerprint density at radius 2 is 2.36 bits per heavy atom. The Bertz CT molecular complexity index is 268. The molecule has 0 amide bonds. The predicted molar refractivity (Wildman–Crippen MR) is 56.4 cm³/mol. The fourth-order valence-corrected chi connectivity index (χ4v) is 1.79. The van der Waals surface area contributed by atoms with Crippen LogP contribution in [0.3, 0.4) is 0 Å². The molecule has 14 heavy (non-hydrogen) atoms. The van der Waals surface area contributed by atoms with Gasteiger partial charge in [0.05, 0.1) is 0 Å². The van der Waals surface area contributed by atoms with E-state index in [9.17, 15) is 4.39 Å². The van der Waals surface area contributed by atoms with Crippen LogP contribution >= 0.6 is 12.4 Å². The largest absolute Gasteiger partial charge is 0.288 e. The van der Waals surface area contributed by atoms with Crippen LogP contribution in [0, 0.1) is 0 Å². The van der Waals surface area contributed by atoms with E-state index in [-0.39, 0.29) is 12.4 Å². The molecule has 1 fully saturated rings. The molecule has 1 aliphatic rings. The first-order valence-electron chi connectivity index (χ1n) is 4.63. The molecule has 1 aliphatic heterocycles. The SMILES string of the molecule is Cl.FC1CC(c2cccnc2)CCN1. The smallest absolute Gasteiger partial charge is 0.151 e. The maximum Gasteiger partial charge on any atom is 0.151 e. The molecule has 1 saturated heterocycles. The van der Waals surface area contributed by atoms with Crippen LogP contribution in [0.5, 0.6) is 0 Å². The topological polar surface area (TPSA) is 24.9 Å². The quantitative estimate of drug-likeness (QED) is 0.729. The Labute approximate surface area is 89.3 Å². The van der Waals surface area contributed by atoms with Crippen molar-refractivity contribution in [1.82, 2.24) is 10.3 Å². The average Bonchev–Trinajstić information content (AvgIpc) is 2.19. The number of nitrogens with zero attached hydrogens (tertiary/aromatic N) is 1. The molecule has 0 aliphatic carbocycles. The Hall–Kier alpha value is -0.670. The van der Waals surface area contributed by atoms with E-state index < -0.39 is 6.30 Å². The van der Waals surface area contributed by atoms with Crippen LogP contribution in [-0.2, 0) is 0 Å². The minimum atomic E-state index is -0.848. The third-order valence-corrected chi connectivity index (χ3v) is 2.51. The van der Waals surface area contributed by atoms with E-state index in [1.807, 2.05) is 18.3 Å². The Kier molecular flexibility index (Phi) is 4.29. The molecule has 2 unspecified atom stereocenters. The second kappa shape index (κ2) is 5.27. The Morgan fingerprint density at radius 1 is 1.50 bits per heavy atom. The second-order valence-electron chi connectivity index (χ2n) is 3.43. The van der Waals surface area contributed by atoms with E-state index in [0.29, 0.717) is 12.3 Å². The van der Waals surface area contributed by atoms with Gasteiger partial charge in [0.15, 0.2) is 6.30 Å². The first kappa shape index (κ1) is 11.4. The zero-order valence-electron chi connectivity index (χ0n) is 7.82. The van der Waals surface area contributed by atoms with Crippen molar-refractivity contribution in [1.29, 1.82) is 0 Å². The second-order valence-corrected chi connectivity index (χ2v) is 3.43. The third-order valence-electron chi connectivity index (χ3n) is 2.51. The fourth-order valence-electron chi connectivity index (χ4n) is 1.79. The molecule has 2 nitrogen and oxygen atoms in total. The van der Waals surface area contributed by atoms with Gasteiger partial charge in [0.1, 0.15) is 0 Å². The number of hydrogen-bond acceptors (Lipinski definition) is 2. The summed E-state index contributed by atoms with van der Waals surface area (Å²) < 4.78 is 13.0. The molecule has 0 spiro atoms. The van der Waals surface area contributed by atoms with E-state index in [1.54, 1.807) is 6.20 Å². The normalized spacial score (nSPS) is 26.6. The number of alkyl halides is 1. The van der Waals surface area contributed by atoms with Gasteiger partial charge in [-0.15, -0.1) is 12.4 Å². The van der Waals surface area contributed by atoms with E-state index in [1.165, 1.54) is 0 Å². The number of rotatable bonds is 1. The minimum Gasteiger partial charge on any atom is -0.288 e. The number of nitrogens with one attached hydrogen (secondary N) is 1. The Morgan fingerprint density at radius 3 is 3.00 bits per heavy atom. The molecule has 2 atom stereocenters. The molecule has 1 aromatic rings. The lowest BCUT2D eigenvalue weighted by atomic mass is 9.91. The van der Waals surface area contributed by atoms with Crippen molar-refractivity contribution in [2.24, 2.45) is 0 Å². The van der Waals surface area contributed by atoms with Gasteiger partial charge in [-0.2, -0.15) is 0 Å². The van der Waals surface area contributed by atoms with Crippen LogP contribution in [0.2, 0.25) is 0 Å². The zero-order valence-corrected chi connectivity index (χ0v) is 8.64. The summed E-state index contributed by atoms with van der Waals surface area (Å²) in [5.41, 5.74) is 1.16. The summed E-state index contributed by atoms with van der Waals surface area (Å²) in [5, 5.41) is 2.79. The van der Waals surface area contributed by atoms with Crippen molar-refractivity contribution in [2.75, 3.05) is 6.54 Å². The number of pyridine rings is 1. The van der Waals surface area contributed by atoms with E-state index in [4.69, 9.17) is 0 Å². The van der Waals surface area contributed by atoms with Crippen LogP contribution < -0.4 is 5.32 Å². The van der Waals surface area contributed by atoms with Crippen molar-refractivity contribution in [3.8, 4) is 0 Å². The fraction of sp³-hybridized carbons (Fsp3) is 0.500. The molecule has 2 heterocycles. The molecule has 0 bridgehead atoms. The maximum atomic E-state index is 13.0. The lowest BCUT2D eigenvalue weighted by Crippen LogP contribution is -2.33. The van der Waals surface area contributed by atoms with Crippen LogP contribution in [0.1, 0.15) is 24.3 Å². The van der Waals surface area contributed by atoms with Crippen molar-refractivity contribution >= 4 is 12.4 Å². The Balaban J connectivity index is 0.000000980. The summed E-state index contributed by atoms with van der Waals surface area (Å²) in [5.74, 6) is 0.338. The van der Waals surface area contributed by atoms with Gasteiger partial charge in [-0.1, -0.05) is 6.07 Å². The number of aromatic nitrogens is 1. The standard InChI is InChI=1S/C10H13FN2.ClH/c11-10-6-8(3-5-13-10)9-2-1-4-12-7-9;/h1-2,4,7-8,10,13H,3,5-6H2;1H. The highest BCUT2D eigenvalue weighted by Gasteiger charge is 2.21. The first-order valence-corrected chi connectivity index (χ1v) is 4.63. The molecule has 0 radical (unpaired) electrons. The predicted octanol–water partition coefficient (Wildman–Crippen LogP) is 2.27. The van der Waals surface area contributed by atoms with Crippen LogP contribution in [-0.4, -0.2) is 17.8 Å². The van der Waals surface area contributed by atoms with Gasteiger partial charge in [-0.3, -0.25) is 10.3 Å². The van der Waals surface area contributed by atoms with Crippen LogP contribution in [0.4, 0.5) is 4.39 Å². The van der Waals surface area contributed by atoms with E-state index in [0.717, 1.165) is 18.5 Å². The van der Waals surface area contributed by atoms with Gasteiger partial charge in [-0.25, -0.2) is 4.39 Å². The summed E-state index contributed by atoms with van der Waals surface area (Å²) >= 11 is 0. The van der Waals surface area contributed by atoms with Gasteiger partial charge >= 0.3 is 0 Å². The monoisotopic (exact) mass is 216 g/mol. The lowest BCUT2D eigenvalue weighted by Gasteiger charge is -2.25. The van der Waals surface area contributed by atoms with Crippen molar-refractivity contribution in [3.05, 3.63) is 30.1 Å². The molecule has 0 aromatic carbocycles. The molecule has 0 saturated carbocycles. The lowest BCUT2D eigenvalue weighted by molar-refractivity contribution is 0.206. The molecular weight excluding hydrogens is 203 g/mol. The highest BCUT2D eigenvalue weighted by molar-refractivity contribution is 5.85. The summed E-state index contributed by atoms with van der Waals surface area (Å²) in [4.78, 5) is 4.04. The first-order chi connectivity index (χ1) is 6.36. The van der Waals surface area contributed by atoms with Gasteiger partial charge < -0.3 is 0 Å². The van der Waals surface area contributed by atoms with Gasteiger partial charge in [0.25, 0.3) is 0 Å². The molecular formula is C10H14ClFN2. The summed E-state index contributed by atoms with van der Waals surface area (Å²) in [6.07, 6.45) is 4.32. The molecule has 1 N–H and O–H groups in total. The van der Waals surface area contributed by atoms with Crippen molar-refractivity contribution in [3.63, 3.8) is 0 Å². The van der Waals surface area contributed by atoms with Crippen LogP contribution in [0.25, 0.3) is 0 Å². The molecule has 1 aromatic heterocycles. The van der Waals surface area contributed by atoms with Gasteiger partial charge in [0.2, 0.25) is 0 Å². The average molecular weight is 217 g/mol. The number of halogens is 2. The number of piperidine rings is 1. The summed E-state index contributed by atoms with van der Waals surface area (Å²) in [6, 6.07) is 3.93. The third kappa shape index (κ3) is 2.66. The summed E-state index contributed by atoms with van der Waals surface area (Å²) in [6.45, 7) is 0.765. The van der Waals surface area contributed by atoms with Crippen molar-refractivity contribution < 1.29 is 4.39 Å². The van der Waals surface area contributed by atoms with Crippen molar-refractivity contribution in [2.45, 2.75) is 25.1 Å². The molecule has 78 valence electrons. The molecule has 4 heteroatoms. The summed E-state index contributed by atoms with van der Waals surface area (Å²) in [7, 11) is 0. The van der Waals surface area contributed by atoms with Gasteiger partial charge in [-0.05, 0) is 36.9 Å². The van der Waals surface area contributed by atoms with E-state index >= 15 is 0 Å². The number of hydrogen-bond donors (Lipinski definition) is 1. The maximum absolute atomic E-state index is 13.0. The molecule has 2 rings (SSSR count). The highest BCUT2D eigenvalue weighted by atomic mass is 35.5. The highest BCUT2D eigenvalue weighted by Crippen LogP contribution is 2.27. The zero-order chi connectivity index (χ0) is 9.10.